The molecule has 4 heterocycles. The Morgan fingerprint density at radius 1 is 1.42 bits per heavy atom. The summed E-state index contributed by atoms with van der Waals surface area (Å²) in [4.78, 5) is 22.1. The fourth-order valence-electron chi connectivity index (χ4n) is 3.22. The number of aryl methyl sites for hydroxylation is 2. The first-order chi connectivity index (χ1) is 12.7. The van der Waals surface area contributed by atoms with Gasteiger partial charge in [0.1, 0.15) is 12.4 Å². The Bertz CT molecular complexity index is 801. The van der Waals surface area contributed by atoms with Crippen molar-refractivity contribution in [2.75, 3.05) is 19.7 Å². The molecule has 0 spiro atoms. The van der Waals surface area contributed by atoms with E-state index in [9.17, 15) is 9.18 Å². The highest BCUT2D eigenvalue weighted by Crippen LogP contribution is 2.23. The first-order valence-corrected chi connectivity index (χ1v) is 8.81. The van der Waals surface area contributed by atoms with Gasteiger partial charge >= 0.3 is 0 Å². The topological polar surface area (TPSA) is 82.4 Å². The number of likely N-dealkylation sites (tertiary alicyclic amines) is 1. The van der Waals surface area contributed by atoms with Gasteiger partial charge in [0, 0.05) is 32.0 Å². The Hall–Kier alpha value is -2.71. The monoisotopic (exact) mass is 361 g/mol. The predicted octanol–water partition coefficient (Wildman–Crippen LogP) is 1.45. The zero-order chi connectivity index (χ0) is 18.1. The van der Waals surface area contributed by atoms with Crippen LogP contribution >= 0.6 is 0 Å². The van der Waals surface area contributed by atoms with E-state index < -0.39 is 5.82 Å². The molecule has 0 aliphatic carbocycles. The molecule has 2 aliphatic heterocycles. The van der Waals surface area contributed by atoms with Crippen LogP contribution in [0.3, 0.4) is 0 Å². The van der Waals surface area contributed by atoms with Gasteiger partial charge in [-0.15, -0.1) is 0 Å². The number of carbonyl (C=O) groups is 1. The lowest BCUT2D eigenvalue weighted by atomic mass is 10.3. The van der Waals surface area contributed by atoms with Gasteiger partial charge in [-0.25, -0.2) is 9.67 Å². The molecular formula is C17H20FN5O3. The summed E-state index contributed by atoms with van der Waals surface area (Å²) in [6.07, 6.45) is 2.95. The summed E-state index contributed by atoms with van der Waals surface area (Å²) in [5, 5.41) is 4.32. The maximum atomic E-state index is 14.2. The molecule has 26 heavy (non-hydrogen) atoms. The minimum atomic E-state index is -0.529. The van der Waals surface area contributed by atoms with Crippen LogP contribution < -0.4 is 9.47 Å². The Kier molecular flexibility index (Phi) is 4.44. The average Bonchev–Trinajstić information content (AvgIpc) is 3.29. The maximum Gasteiger partial charge on any atom is 0.274 e. The van der Waals surface area contributed by atoms with Crippen molar-refractivity contribution in [3.63, 3.8) is 0 Å². The van der Waals surface area contributed by atoms with Gasteiger partial charge in [0.15, 0.2) is 5.69 Å². The molecule has 1 atom stereocenters. The van der Waals surface area contributed by atoms with Crippen LogP contribution in [0, 0.1) is 5.82 Å². The van der Waals surface area contributed by atoms with Gasteiger partial charge in [-0.3, -0.25) is 4.79 Å². The van der Waals surface area contributed by atoms with Gasteiger partial charge in [-0.2, -0.15) is 14.5 Å². The molecule has 0 aromatic carbocycles. The fourth-order valence-corrected chi connectivity index (χ4v) is 3.22. The van der Waals surface area contributed by atoms with Gasteiger partial charge in [0.05, 0.1) is 18.8 Å². The lowest BCUT2D eigenvalue weighted by molar-refractivity contribution is 0.0763. The summed E-state index contributed by atoms with van der Waals surface area (Å²) in [7, 11) is 0. The lowest BCUT2D eigenvalue weighted by Gasteiger charge is -2.16. The summed E-state index contributed by atoms with van der Waals surface area (Å²) in [6.45, 7) is 4.11. The Morgan fingerprint density at radius 2 is 2.31 bits per heavy atom. The second-order valence-electron chi connectivity index (χ2n) is 6.37. The summed E-state index contributed by atoms with van der Waals surface area (Å²) in [5.41, 5.74) is 0.688. The number of carbonyl (C=O) groups excluding carboxylic acids is 1. The van der Waals surface area contributed by atoms with Crippen molar-refractivity contribution < 1.29 is 18.7 Å². The van der Waals surface area contributed by atoms with E-state index in [0.717, 1.165) is 13.0 Å². The van der Waals surface area contributed by atoms with E-state index in [1.165, 1.54) is 6.33 Å². The molecule has 0 radical (unpaired) electrons. The number of ether oxygens (including phenoxy) is 2. The molecule has 0 saturated carbocycles. The highest BCUT2D eigenvalue weighted by molar-refractivity contribution is 5.92. The van der Waals surface area contributed by atoms with Crippen molar-refractivity contribution in [1.82, 2.24) is 24.6 Å². The van der Waals surface area contributed by atoms with Crippen molar-refractivity contribution in [2.45, 2.75) is 38.8 Å². The van der Waals surface area contributed by atoms with Crippen molar-refractivity contribution >= 4 is 5.91 Å². The van der Waals surface area contributed by atoms with E-state index in [0.29, 0.717) is 49.8 Å². The summed E-state index contributed by atoms with van der Waals surface area (Å²) in [6, 6.07) is 1.67. The third-order valence-corrected chi connectivity index (χ3v) is 4.60. The fraction of sp³-hybridized carbons (Fsp3) is 0.529. The van der Waals surface area contributed by atoms with Crippen LogP contribution in [0.15, 0.2) is 12.4 Å². The Balaban J connectivity index is 1.42. The molecule has 0 N–H and O–H groups in total. The predicted molar refractivity (Wildman–Crippen MR) is 88.6 cm³/mol. The first-order valence-electron chi connectivity index (χ1n) is 8.81. The molecule has 8 nitrogen and oxygen atoms in total. The highest BCUT2D eigenvalue weighted by atomic mass is 19.1. The normalized spacial score (nSPS) is 19.2. The van der Waals surface area contributed by atoms with Gasteiger partial charge in [-0.1, -0.05) is 6.92 Å². The zero-order valence-corrected chi connectivity index (χ0v) is 14.5. The van der Waals surface area contributed by atoms with Crippen LogP contribution in [-0.4, -0.2) is 56.4 Å². The van der Waals surface area contributed by atoms with Gasteiger partial charge in [0.25, 0.3) is 11.8 Å². The maximum absolute atomic E-state index is 14.2. The van der Waals surface area contributed by atoms with Crippen LogP contribution in [0.4, 0.5) is 4.39 Å². The third-order valence-electron chi connectivity index (χ3n) is 4.60. The largest absolute Gasteiger partial charge is 0.478 e. The number of amides is 1. The van der Waals surface area contributed by atoms with Crippen LogP contribution in [0.2, 0.25) is 0 Å². The van der Waals surface area contributed by atoms with E-state index in [4.69, 9.17) is 9.47 Å². The minimum Gasteiger partial charge on any atom is -0.478 e. The van der Waals surface area contributed by atoms with Crippen molar-refractivity contribution in [2.24, 2.45) is 0 Å². The molecule has 9 heteroatoms. The molecule has 2 aliphatic rings. The number of halogens is 1. The molecule has 0 bridgehead atoms. The van der Waals surface area contributed by atoms with E-state index >= 15 is 0 Å². The number of hydrogen-bond donors (Lipinski definition) is 0. The average molecular weight is 361 g/mol. The smallest absolute Gasteiger partial charge is 0.274 e. The van der Waals surface area contributed by atoms with Gasteiger partial charge in [0.2, 0.25) is 11.7 Å². The van der Waals surface area contributed by atoms with E-state index in [1.54, 1.807) is 15.6 Å². The van der Waals surface area contributed by atoms with Crippen molar-refractivity contribution in [1.29, 1.82) is 0 Å². The Morgan fingerprint density at radius 3 is 3.12 bits per heavy atom. The first kappa shape index (κ1) is 16.7. The minimum absolute atomic E-state index is 0.0537. The van der Waals surface area contributed by atoms with E-state index in [-0.39, 0.29) is 17.9 Å². The number of aromatic nitrogens is 4. The summed E-state index contributed by atoms with van der Waals surface area (Å²) < 4.78 is 27.1. The summed E-state index contributed by atoms with van der Waals surface area (Å²) in [5.74, 6) is -0.124. The number of nitrogens with zero attached hydrogens (tertiary/aromatic N) is 5. The van der Waals surface area contributed by atoms with Crippen LogP contribution in [0.1, 0.15) is 35.9 Å². The third kappa shape index (κ3) is 3.09. The number of fused-ring (bicyclic) bond motifs is 1. The van der Waals surface area contributed by atoms with E-state index in [1.807, 2.05) is 6.92 Å². The van der Waals surface area contributed by atoms with Gasteiger partial charge in [-0.05, 0) is 6.42 Å². The molecule has 1 amide bonds. The van der Waals surface area contributed by atoms with Crippen molar-refractivity contribution in [3.05, 3.63) is 29.6 Å². The molecule has 2 aromatic heterocycles. The quantitative estimate of drug-likeness (QED) is 0.820. The lowest BCUT2D eigenvalue weighted by Crippen LogP contribution is -2.31. The number of hydrogen-bond acceptors (Lipinski definition) is 6. The van der Waals surface area contributed by atoms with Crippen LogP contribution in [0.5, 0.6) is 11.8 Å². The van der Waals surface area contributed by atoms with Crippen LogP contribution in [0.25, 0.3) is 0 Å². The van der Waals surface area contributed by atoms with E-state index in [2.05, 4.69) is 15.1 Å². The molecular weight excluding hydrogens is 341 g/mol. The SMILES string of the molecule is CCc1ncnc(OC2CCN(C(=O)c3cc4n(n3)CCCO4)C2)c1F. The molecule has 4 rings (SSSR count). The Labute approximate surface area is 149 Å². The number of rotatable bonds is 4. The van der Waals surface area contributed by atoms with Crippen LogP contribution in [-0.2, 0) is 13.0 Å². The molecule has 2 aromatic rings. The second-order valence-corrected chi connectivity index (χ2v) is 6.37. The molecule has 1 unspecified atom stereocenters. The van der Waals surface area contributed by atoms with Gasteiger partial charge < -0.3 is 14.4 Å². The molecule has 1 fully saturated rings. The summed E-state index contributed by atoms with van der Waals surface area (Å²) >= 11 is 0. The molecule has 1 saturated heterocycles. The zero-order valence-electron chi connectivity index (χ0n) is 14.5. The van der Waals surface area contributed by atoms with Crippen molar-refractivity contribution in [3.8, 4) is 11.8 Å². The second kappa shape index (κ2) is 6.89. The highest BCUT2D eigenvalue weighted by Gasteiger charge is 2.31. The standard InChI is InChI=1S/C17H20FN5O3/c1-2-12-15(18)16(20-10-19-12)26-11-4-6-22(9-11)17(24)13-8-14-23(21-13)5-3-7-25-14/h8,10-11H,2-7,9H2,1H3. The molecule has 138 valence electrons.